The summed E-state index contributed by atoms with van der Waals surface area (Å²) in [6.45, 7) is 0. The molecule has 146 valence electrons. The zero-order valence-electron chi connectivity index (χ0n) is 14.6. The average molecular weight is 524 g/mol. The van der Waals surface area contributed by atoms with Gasteiger partial charge in [-0.05, 0) is 54.2 Å². The molecule has 9 heteroatoms. The van der Waals surface area contributed by atoms with Crippen molar-refractivity contribution in [3.05, 3.63) is 72.4 Å². The summed E-state index contributed by atoms with van der Waals surface area (Å²) in [6, 6.07) is 14.7. The number of aromatic nitrogens is 1. The van der Waals surface area contributed by atoms with Gasteiger partial charge in [-0.25, -0.2) is 4.90 Å². The Morgan fingerprint density at radius 3 is 2.41 bits per heavy atom. The Hall–Kier alpha value is -1.45. The number of halogens is 2. The number of rotatable bonds is 2. The van der Waals surface area contributed by atoms with Gasteiger partial charge < -0.3 is 4.98 Å². The summed E-state index contributed by atoms with van der Waals surface area (Å²) in [4.78, 5) is 32.3. The Morgan fingerprint density at radius 2 is 1.72 bits per heavy atom. The van der Waals surface area contributed by atoms with E-state index in [-0.39, 0.29) is 17.7 Å². The van der Waals surface area contributed by atoms with E-state index in [4.69, 9.17) is 23.8 Å². The molecule has 4 nitrogen and oxygen atoms in total. The largest absolute Gasteiger partial charge is 0.332 e. The molecule has 5 rings (SSSR count). The van der Waals surface area contributed by atoms with Gasteiger partial charge in [-0.3, -0.25) is 9.59 Å². The van der Waals surface area contributed by atoms with Crippen molar-refractivity contribution < 1.29 is 9.59 Å². The predicted octanol–water partition coefficient (Wildman–Crippen LogP) is 6.02. The van der Waals surface area contributed by atoms with Gasteiger partial charge in [0.15, 0.2) is 3.95 Å². The lowest BCUT2D eigenvalue weighted by Crippen LogP contribution is -2.32. The molecule has 29 heavy (non-hydrogen) atoms. The van der Waals surface area contributed by atoms with Crippen LogP contribution >= 0.6 is 62.8 Å². The molecule has 2 amide bonds. The highest BCUT2D eigenvalue weighted by Crippen LogP contribution is 2.54. The molecular formula is C20H12BrClN2O2S3. The number of hydrogen-bond donors (Lipinski definition) is 1. The fourth-order valence-electron chi connectivity index (χ4n) is 3.89. The number of nitrogens with zero attached hydrogens (tertiary/aromatic N) is 1. The zero-order valence-corrected chi connectivity index (χ0v) is 19.4. The Morgan fingerprint density at radius 1 is 1.03 bits per heavy atom. The number of benzene rings is 2. The molecule has 0 saturated carbocycles. The van der Waals surface area contributed by atoms with Gasteiger partial charge in [0.1, 0.15) is 5.25 Å². The minimum absolute atomic E-state index is 0.181. The van der Waals surface area contributed by atoms with Gasteiger partial charge in [0.2, 0.25) is 11.8 Å². The minimum atomic E-state index is -0.500. The van der Waals surface area contributed by atoms with Crippen LogP contribution in [0.4, 0.5) is 5.69 Å². The number of imide groups is 1. The maximum Gasteiger partial charge on any atom is 0.248 e. The number of hydrogen-bond acceptors (Lipinski definition) is 5. The fourth-order valence-corrected chi connectivity index (χ4v) is 7.24. The van der Waals surface area contributed by atoms with Crippen LogP contribution in [0, 0.1) is 9.87 Å². The van der Waals surface area contributed by atoms with Crippen molar-refractivity contribution in [1.29, 1.82) is 0 Å². The van der Waals surface area contributed by atoms with Crippen molar-refractivity contribution in [2.75, 3.05) is 4.90 Å². The Balaban J connectivity index is 1.64. The number of anilines is 1. The first-order valence-electron chi connectivity index (χ1n) is 8.72. The van der Waals surface area contributed by atoms with Crippen LogP contribution in [-0.2, 0) is 9.59 Å². The van der Waals surface area contributed by atoms with Crippen LogP contribution in [0.15, 0.2) is 58.0 Å². The van der Waals surface area contributed by atoms with Gasteiger partial charge in [0, 0.05) is 20.3 Å². The molecule has 2 aliphatic rings. The summed E-state index contributed by atoms with van der Waals surface area (Å²) in [7, 11) is 0. The molecule has 1 saturated heterocycles. The summed E-state index contributed by atoms with van der Waals surface area (Å²) in [5.41, 5.74) is 1.54. The van der Waals surface area contributed by atoms with Crippen LogP contribution in [0.1, 0.15) is 16.4 Å². The number of nitrogens with one attached hydrogen (secondary N) is 1. The molecule has 0 spiro atoms. The van der Waals surface area contributed by atoms with Crippen molar-refractivity contribution in [2.24, 2.45) is 5.92 Å². The van der Waals surface area contributed by atoms with E-state index >= 15 is 0 Å². The monoisotopic (exact) mass is 522 g/mol. The summed E-state index contributed by atoms with van der Waals surface area (Å²) < 4.78 is 1.53. The van der Waals surface area contributed by atoms with Crippen LogP contribution in [0.2, 0.25) is 5.02 Å². The average Bonchev–Trinajstić information content (AvgIpc) is 3.19. The number of carbonyl (C=O) groups excluding carboxylic acids is 2. The van der Waals surface area contributed by atoms with E-state index in [9.17, 15) is 9.59 Å². The molecule has 0 radical (unpaired) electrons. The lowest BCUT2D eigenvalue weighted by atomic mass is 9.83. The predicted molar refractivity (Wildman–Crippen MR) is 123 cm³/mol. The van der Waals surface area contributed by atoms with Gasteiger partial charge in [0.25, 0.3) is 0 Å². The number of carbonyl (C=O) groups is 2. The highest BCUT2D eigenvalue weighted by molar-refractivity contribution is 9.10. The molecule has 3 aromatic rings. The third-order valence-electron chi connectivity index (χ3n) is 5.14. The van der Waals surface area contributed by atoms with Crippen LogP contribution in [0.3, 0.4) is 0 Å². The van der Waals surface area contributed by atoms with Crippen LogP contribution in [0.5, 0.6) is 0 Å². The van der Waals surface area contributed by atoms with Crippen molar-refractivity contribution in [1.82, 2.24) is 4.98 Å². The van der Waals surface area contributed by atoms with E-state index in [1.54, 1.807) is 12.1 Å². The first-order valence-corrected chi connectivity index (χ1v) is 12.0. The number of aromatic amines is 1. The van der Waals surface area contributed by atoms with Gasteiger partial charge in [-0.15, -0.1) is 11.3 Å². The van der Waals surface area contributed by atoms with Crippen molar-refractivity contribution in [3.8, 4) is 0 Å². The Bertz CT molecular complexity index is 1190. The molecule has 3 heterocycles. The third-order valence-corrected chi connectivity index (χ3v) is 8.67. The maximum atomic E-state index is 13.5. The summed E-state index contributed by atoms with van der Waals surface area (Å²) in [6.07, 6.45) is 0. The first kappa shape index (κ1) is 19.5. The smallest absolute Gasteiger partial charge is 0.248 e. The van der Waals surface area contributed by atoms with Gasteiger partial charge >= 0.3 is 0 Å². The first-order chi connectivity index (χ1) is 13.9. The highest BCUT2D eigenvalue weighted by Gasteiger charge is 2.56. The summed E-state index contributed by atoms with van der Waals surface area (Å²) in [5, 5.41) is 1.00. The van der Waals surface area contributed by atoms with Crippen molar-refractivity contribution in [2.45, 2.75) is 16.2 Å². The number of amides is 2. The quantitative estimate of drug-likeness (QED) is 0.330. The second kappa shape index (κ2) is 7.35. The number of fused-ring (bicyclic) bond motifs is 2. The summed E-state index contributed by atoms with van der Waals surface area (Å²) in [5.74, 6) is -1.11. The fraction of sp³-hybridized carbons (Fsp3) is 0.150. The normalized spacial score (nSPS) is 23.2. The number of thiazole rings is 1. The summed E-state index contributed by atoms with van der Waals surface area (Å²) >= 11 is 17.7. The second-order valence-corrected chi connectivity index (χ2v) is 11.0. The van der Waals surface area contributed by atoms with E-state index in [2.05, 4.69) is 20.9 Å². The highest BCUT2D eigenvalue weighted by atomic mass is 79.9. The second-order valence-electron chi connectivity index (χ2n) is 6.79. The van der Waals surface area contributed by atoms with E-state index < -0.39 is 11.2 Å². The van der Waals surface area contributed by atoms with Crippen LogP contribution in [0.25, 0.3) is 0 Å². The van der Waals surface area contributed by atoms with Crippen molar-refractivity contribution >= 4 is 80.3 Å². The van der Waals surface area contributed by atoms with E-state index in [0.29, 0.717) is 14.7 Å². The Labute approximate surface area is 193 Å². The SMILES string of the molecule is O=C1C2Sc3[nH]c(=S)sc3C(c3ccc(Cl)cc3)C2C(=O)N1c1ccc(Br)cc1. The van der Waals surface area contributed by atoms with Gasteiger partial charge in [0.05, 0.1) is 16.6 Å². The molecule has 0 aliphatic carbocycles. The Kier molecular flexibility index (Phi) is 4.95. The van der Waals surface area contributed by atoms with Gasteiger partial charge in [-0.1, -0.05) is 51.4 Å². The van der Waals surface area contributed by atoms with Crippen LogP contribution < -0.4 is 4.90 Å². The van der Waals surface area contributed by atoms with E-state index in [1.165, 1.54) is 28.0 Å². The van der Waals surface area contributed by atoms with E-state index in [0.717, 1.165) is 19.9 Å². The molecular weight excluding hydrogens is 512 g/mol. The van der Waals surface area contributed by atoms with Gasteiger partial charge in [-0.2, -0.15) is 0 Å². The molecule has 1 aromatic heterocycles. The molecule has 2 aliphatic heterocycles. The minimum Gasteiger partial charge on any atom is -0.332 e. The molecule has 1 fully saturated rings. The molecule has 0 bridgehead atoms. The zero-order chi connectivity index (χ0) is 20.3. The molecule has 3 atom stereocenters. The molecule has 2 aromatic carbocycles. The standard InChI is InChI=1S/C20H12BrClN2O2S3/c21-10-3-7-12(8-4-10)24-18(25)14-13(9-1-5-11(22)6-2-9)15-17(23-20(27)29-15)28-16(14)19(24)26/h1-8,13-14,16H,(H,23,27). The van der Waals surface area contributed by atoms with E-state index in [1.807, 2.05) is 36.4 Å². The topological polar surface area (TPSA) is 53.2 Å². The van der Waals surface area contributed by atoms with Crippen molar-refractivity contribution in [3.63, 3.8) is 0 Å². The number of H-pyrrole nitrogens is 1. The molecule has 3 unspecified atom stereocenters. The van der Waals surface area contributed by atoms with Crippen LogP contribution in [-0.4, -0.2) is 22.0 Å². The number of thioether (sulfide) groups is 1. The third kappa shape index (κ3) is 3.21. The maximum absolute atomic E-state index is 13.5. The lowest BCUT2D eigenvalue weighted by molar-refractivity contribution is -0.122. The lowest BCUT2D eigenvalue weighted by Gasteiger charge is -2.29. The molecule has 1 N–H and O–H groups in total.